The maximum atomic E-state index is 10.6. The van der Waals surface area contributed by atoms with Crippen molar-refractivity contribution in [1.82, 2.24) is 0 Å². The molecule has 160 valence electrons. The lowest BCUT2D eigenvalue weighted by Gasteiger charge is -2.44. The van der Waals surface area contributed by atoms with Crippen molar-refractivity contribution in [2.45, 2.75) is 43.9 Å². The van der Waals surface area contributed by atoms with Crippen LogP contribution < -0.4 is 0 Å². The highest BCUT2D eigenvalue weighted by Crippen LogP contribution is 2.29. The highest BCUT2D eigenvalue weighted by molar-refractivity contribution is 5.14. The second-order valence-electron chi connectivity index (χ2n) is 7.39. The van der Waals surface area contributed by atoms with Crippen molar-refractivity contribution < 1.29 is 28.8 Å². The Hall–Kier alpha value is -2.06. The summed E-state index contributed by atoms with van der Waals surface area (Å²) in [5.41, 5.74) is 2.12. The summed E-state index contributed by atoms with van der Waals surface area (Å²) >= 11 is 0. The minimum atomic E-state index is -1.12. The summed E-state index contributed by atoms with van der Waals surface area (Å²) in [5, 5.41) is 10.6. The molecule has 2 heterocycles. The van der Waals surface area contributed by atoms with Crippen LogP contribution in [0.1, 0.15) is 11.1 Å². The van der Waals surface area contributed by atoms with Gasteiger partial charge in [-0.05, 0) is 11.1 Å². The maximum absolute atomic E-state index is 10.6. The Bertz CT molecular complexity index is 781. The Morgan fingerprint density at radius 2 is 1.40 bits per heavy atom. The van der Waals surface area contributed by atoms with E-state index in [4.69, 9.17) is 23.7 Å². The SMILES string of the molecule is OC1O[C@H](COCc2ccccc2)[C@H]2OC/C=C\CO[C@@H]1[C@H]2OCc1ccccc1. The van der Waals surface area contributed by atoms with Crippen LogP contribution in [0.3, 0.4) is 0 Å². The number of ether oxygens (including phenoxy) is 5. The molecule has 4 rings (SSSR count). The van der Waals surface area contributed by atoms with Crippen LogP contribution >= 0.6 is 0 Å². The van der Waals surface area contributed by atoms with Crippen molar-refractivity contribution >= 4 is 0 Å². The summed E-state index contributed by atoms with van der Waals surface area (Å²) < 4.78 is 29.9. The van der Waals surface area contributed by atoms with Crippen LogP contribution in [-0.4, -0.2) is 55.6 Å². The molecule has 0 spiro atoms. The zero-order valence-electron chi connectivity index (χ0n) is 16.8. The first-order valence-corrected chi connectivity index (χ1v) is 10.3. The molecular weight excluding hydrogens is 384 g/mol. The van der Waals surface area contributed by atoms with Gasteiger partial charge in [0, 0.05) is 0 Å². The predicted molar refractivity (Wildman–Crippen MR) is 111 cm³/mol. The number of fused-ring (bicyclic) bond motifs is 2. The van der Waals surface area contributed by atoms with Crippen molar-refractivity contribution in [2.75, 3.05) is 19.8 Å². The van der Waals surface area contributed by atoms with Gasteiger partial charge in [0.2, 0.25) is 0 Å². The van der Waals surface area contributed by atoms with Gasteiger partial charge in [-0.15, -0.1) is 0 Å². The average molecular weight is 412 g/mol. The monoisotopic (exact) mass is 412 g/mol. The molecule has 1 saturated heterocycles. The van der Waals surface area contributed by atoms with E-state index in [0.717, 1.165) is 11.1 Å². The van der Waals surface area contributed by atoms with E-state index < -0.39 is 30.7 Å². The lowest BCUT2D eigenvalue weighted by atomic mass is 9.98. The molecule has 1 N–H and O–H groups in total. The van der Waals surface area contributed by atoms with Crippen molar-refractivity contribution in [3.63, 3.8) is 0 Å². The van der Waals surface area contributed by atoms with E-state index >= 15 is 0 Å². The molecule has 1 fully saturated rings. The van der Waals surface area contributed by atoms with Gasteiger partial charge in [-0.25, -0.2) is 0 Å². The summed E-state index contributed by atoms with van der Waals surface area (Å²) in [6.45, 7) is 1.90. The predicted octanol–water partition coefficient (Wildman–Crippen LogP) is 2.85. The van der Waals surface area contributed by atoms with Crippen LogP contribution in [-0.2, 0) is 36.9 Å². The molecule has 2 aliphatic rings. The smallest absolute Gasteiger partial charge is 0.184 e. The quantitative estimate of drug-likeness (QED) is 0.706. The third-order valence-electron chi connectivity index (χ3n) is 5.22. The second kappa shape index (κ2) is 10.8. The van der Waals surface area contributed by atoms with Crippen molar-refractivity contribution in [3.8, 4) is 0 Å². The Kier molecular flexibility index (Phi) is 7.64. The van der Waals surface area contributed by atoms with Gasteiger partial charge in [0.25, 0.3) is 0 Å². The zero-order chi connectivity index (χ0) is 20.6. The molecule has 2 aromatic carbocycles. The number of hydrogen-bond donors (Lipinski definition) is 1. The Labute approximate surface area is 177 Å². The van der Waals surface area contributed by atoms with Gasteiger partial charge in [0.1, 0.15) is 24.4 Å². The fourth-order valence-corrected chi connectivity index (χ4v) is 3.70. The van der Waals surface area contributed by atoms with E-state index in [1.807, 2.05) is 72.8 Å². The molecule has 0 amide bonds. The topological polar surface area (TPSA) is 66.4 Å². The molecule has 1 unspecified atom stereocenters. The number of aliphatic hydroxyl groups is 1. The normalized spacial score (nSPS) is 30.1. The molecule has 0 aromatic heterocycles. The molecule has 0 aliphatic carbocycles. The van der Waals surface area contributed by atoms with Crippen molar-refractivity contribution in [3.05, 3.63) is 83.9 Å². The maximum Gasteiger partial charge on any atom is 0.184 e. The van der Waals surface area contributed by atoms with Crippen molar-refractivity contribution in [2.24, 2.45) is 0 Å². The molecule has 2 aromatic rings. The number of benzene rings is 2. The molecule has 2 aliphatic heterocycles. The Morgan fingerprint density at radius 1 is 0.800 bits per heavy atom. The molecule has 0 radical (unpaired) electrons. The molecule has 2 bridgehead atoms. The fourth-order valence-electron chi connectivity index (χ4n) is 3.70. The van der Waals surface area contributed by atoms with E-state index in [2.05, 4.69) is 0 Å². The van der Waals surface area contributed by atoms with Crippen LogP contribution in [0, 0.1) is 0 Å². The van der Waals surface area contributed by atoms with Crippen LogP contribution in [0.25, 0.3) is 0 Å². The summed E-state index contributed by atoms with van der Waals surface area (Å²) in [6, 6.07) is 19.8. The minimum absolute atomic E-state index is 0.276. The van der Waals surface area contributed by atoms with Crippen LogP contribution in [0.2, 0.25) is 0 Å². The van der Waals surface area contributed by atoms with Gasteiger partial charge < -0.3 is 28.8 Å². The number of hydrogen-bond acceptors (Lipinski definition) is 6. The molecule has 30 heavy (non-hydrogen) atoms. The third kappa shape index (κ3) is 5.55. The van der Waals surface area contributed by atoms with Crippen LogP contribution in [0.5, 0.6) is 0 Å². The number of aliphatic hydroxyl groups excluding tert-OH is 1. The van der Waals surface area contributed by atoms with Crippen LogP contribution in [0.4, 0.5) is 0 Å². The lowest BCUT2D eigenvalue weighted by Crippen LogP contribution is -2.61. The number of rotatable bonds is 7. The Balaban J connectivity index is 1.45. The van der Waals surface area contributed by atoms with Gasteiger partial charge in [-0.2, -0.15) is 0 Å². The van der Waals surface area contributed by atoms with E-state index in [9.17, 15) is 5.11 Å². The molecule has 6 nitrogen and oxygen atoms in total. The van der Waals surface area contributed by atoms with Gasteiger partial charge in [-0.3, -0.25) is 0 Å². The van der Waals surface area contributed by atoms with Gasteiger partial charge in [0.05, 0.1) is 33.0 Å². The standard InChI is InChI=1S/C24H28O6/c25-24-23-22(29-16-19-11-5-2-6-12-19)21(27-13-7-8-14-28-23)20(30-24)17-26-15-18-9-3-1-4-10-18/h1-12,20-25H,13-17H2/b8-7-/t20-,21-,22+,23-,24?/m1/s1. The second-order valence-corrected chi connectivity index (χ2v) is 7.39. The summed E-state index contributed by atoms with van der Waals surface area (Å²) in [6.07, 6.45) is 0.621. The highest BCUT2D eigenvalue weighted by atomic mass is 16.7. The third-order valence-corrected chi connectivity index (χ3v) is 5.22. The molecular formula is C24H28O6. The van der Waals surface area contributed by atoms with E-state index in [0.29, 0.717) is 26.4 Å². The first-order valence-electron chi connectivity index (χ1n) is 10.3. The zero-order valence-corrected chi connectivity index (χ0v) is 16.8. The van der Waals surface area contributed by atoms with Gasteiger partial charge in [-0.1, -0.05) is 72.8 Å². The van der Waals surface area contributed by atoms with E-state index in [1.165, 1.54) is 0 Å². The summed E-state index contributed by atoms with van der Waals surface area (Å²) in [7, 11) is 0. The largest absolute Gasteiger partial charge is 0.374 e. The van der Waals surface area contributed by atoms with Crippen molar-refractivity contribution in [1.29, 1.82) is 0 Å². The molecule has 0 saturated carbocycles. The molecule has 6 heteroatoms. The first-order chi connectivity index (χ1) is 14.8. The average Bonchev–Trinajstić information content (AvgIpc) is 2.86. The van der Waals surface area contributed by atoms with Gasteiger partial charge >= 0.3 is 0 Å². The first kappa shape index (κ1) is 21.2. The summed E-state index contributed by atoms with van der Waals surface area (Å²) in [4.78, 5) is 0. The van der Waals surface area contributed by atoms with E-state index in [1.54, 1.807) is 0 Å². The minimum Gasteiger partial charge on any atom is -0.374 e. The van der Waals surface area contributed by atoms with Gasteiger partial charge in [0.15, 0.2) is 6.29 Å². The van der Waals surface area contributed by atoms with E-state index in [-0.39, 0.29) is 6.61 Å². The highest BCUT2D eigenvalue weighted by Gasteiger charge is 2.47. The molecule has 5 atom stereocenters. The van der Waals surface area contributed by atoms with Crippen LogP contribution in [0.15, 0.2) is 72.8 Å². The Morgan fingerprint density at radius 3 is 2.07 bits per heavy atom. The fraction of sp³-hybridized carbons (Fsp3) is 0.417. The lowest BCUT2D eigenvalue weighted by molar-refractivity contribution is -0.310. The summed E-state index contributed by atoms with van der Waals surface area (Å²) in [5.74, 6) is 0.